The van der Waals surface area contributed by atoms with Gasteiger partial charge >= 0.3 is 5.97 Å². The van der Waals surface area contributed by atoms with Crippen molar-refractivity contribution in [2.75, 3.05) is 5.32 Å². The molecule has 114 valence electrons. The second kappa shape index (κ2) is 5.81. The van der Waals surface area contributed by atoms with E-state index in [0.29, 0.717) is 5.69 Å². The number of aromatic carboxylic acids is 1. The summed E-state index contributed by atoms with van der Waals surface area (Å²) in [5, 5.41) is 23.2. The van der Waals surface area contributed by atoms with Crippen LogP contribution in [0, 0.1) is 0 Å². The van der Waals surface area contributed by atoms with Crippen LogP contribution in [0.1, 0.15) is 20.7 Å². The normalized spacial score (nSPS) is 10.4. The molecule has 0 spiro atoms. The molecule has 5 nitrogen and oxygen atoms in total. The quantitative estimate of drug-likeness (QED) is 0.691. The number of rotatable bonds is 3. The Morgan fingerprint density at radius 1 is 0.870 bits per heavy atom. The van der Waals surface area contributed by atoms with E-state index in [-0.39, 0.29) is 16.9 Å². The highest BCUT2D eigenvalue weighted by Crippen LogP contribution is 2.21. The molecule has 3 rings (SSSR count). The molecule has 0 heterocycles. The minimum atomic E-state index is -1.29. The van der Waals surface area contributed by atoms with Crippen molar-refractivity contribution in [1.82, 2.24) is 0 Å². The molecule has 0 aliphatic rings. The zero-order chi connectivity index (χ0) is 16.4. The standard InChI is InChI=1S/C18H13NO4/c20-16-8-6-13(10-15(16)18(22)23)17(21)19-14-7-5-11-3-1-2-4-12(11)9-14/h1-10,20H,(H,19,21)(H,22,23). The van der Waals surface area contributed by atoms with Crippen LogP contribution >= 0.6 is 0 Å². The van der Waals surface area contributed by atoms with Crippen LogP contribution in [0.4, 0.5) is 5.69 Å². The van der Waals surface area contributed by atoms with Crippen LogP contribution in [-0.2, 0) is 0 Å². The number of carboxylic acids is 1. The maximum Gasteiger partial charge on any atom is 0.339 e. The van der Waals surface area contributed by atoms with Gasteiger partial charge in [0.15, 0.2) is 0 Å². The number of hydrogen-bond acceptors (Lipinski definition) is 3. The van der Waals surface area contributed by atoms with Crippen molar-refractivity contribution in [3.05, 3.63) is 71.8 Å². The number of carboxylic acid groups (broad SMARTS) is 1. The topological polar surface area (TPSA) is 86.6 Å². The van der Waals surface area contributed by atoms with Crippen LogP contribution in [0.15, 0.2) is 60.7 Å². The minimum absolute atomic E-state index is 0.161. The molecule has 0 atom stereocenters. The van der Waals surface area contributed by atoms with Gasteiger partial charge < -0.3 is 15.5 Å². The Balaban J connectivity index is 1.88. The predicted molar refractivity (Wildman–Crippen MR) is 87.0 cm³/mol. The van der Waals surface area contributed by atoms with E-state index in [4.69, 9.17) is 5.11 Å². The zero-order valence-corrected chi connectivity index (χ0v) is 12.0. The van der Waals surface area contributed by atoms with Gasteiger partial charge in [0.2, 0.25) is 0 Å². The summed E-state index contributed by atoms with van der Waals surface area (Å²) in [5.41, 5.74) is 0.461. The van der Waals surface area contributed by atoms with Crippen molar-refractivity contribution in [2.45, 2.75) is 0 Å². The van der Waals surface area contributed by atoms with Crippen LogP contribution in [-0.4, -0.2) is 22.1 Å². The summed E-state index contributed by atoms with van der Waals surface area (Å²) in [6, 6.07) is 17.0. The van der Waals surface area contributed by atoms with Crippen LogP contribution in [0.2, 0.25) is 0 Å². The molecule has 0 bridgehead atoms. The van der Waals surface area contributed by atoms with Gasteiger partial charge in [-0.1, -0.05) is 30.3 Å². The number of benzene rings is 3. The van der Waals surface area contributed by atoms with Crippen LogP contribution in [0.5, 0.6) is 5.75 Å². The first kappa shape index (κ1) is 14.6. The summed E-state index contributed by atoms with van der Waals surface area (Å²) >= 11 is 0. The van der Waals surface area contributed by atoms with E-state index in [1.54, 1.807) is 6.07 Å². The number of fused-ring (bicyclic) bond motifs is 1. The maximum absolute atomic E-state index is 12.3. The van der Waals surface area contributed by atoms with Gasteiger partial charge in [-0.2, -0.15) is 0 Å². The lowest BCUT2D eigenvalue weighted by Crippen LogP contribution is -2.12. The molecule has 5 heteroatoms. The van der Waals surface area contributed by atoms with Gasteiger partial charge in [0, 0.05) is 11.3 Å². The third-order valence-electron chi connectivity index (χ3n) is 3.50. The highest BCUT2D eigenvalue weighted by molar-refractivity contribution is 6.06. The van der Waals surface area contributed by atoms with E-state index >= 15 is 0 Å². The first-order valence-electron chi connectivity index (χ1n) is 6.91. The number of aromatic hydroxyl groups is 1. The Morgan fingerprint density at radius 3 is 2.35 bits per heavy atom. The summed E-state index contributed by atoms with van der Waals surface area (Å²) in [4.78, 5) is 23.3. The third kappa shape index (κ3) is 2.98. The van der Waals surface area contributed by atoms with Gasteiger partial charge in [-0.15, -0.1) is 0 Å². The molecular weight excluding hydrogens is 294 g/mol. The molecule has 1 amide bonds. The van der Waals surface area contributed by atoms with Crippen molar-refractivity contribution in [2.24, 2.45) is 0 Å². The number of carbonyl (C=O) groups excluding carboxylic acids is 1. The maximum atomic E-state index is 12.3. The fourth-order valence-corrected chi connectivity index (χ4v) is 2.32. The first-order valence-corrected chi connectivity index (χ1v) is 6.91. The largest absolute Gasteiger partial charge is 0.507 e. The van der Waals surface area contributed by atoms with Crippen LogP contribution < -0.4 is 5.32 Å². The molecule has 0 aliphatic heterocycles. The Morgan fingerprint density at radius 2 is 1.61 bits per heavy atom. The fraction of sp³-hybridized carbons (Fsp3) is 0. The summed E-state index contributed by atoms with van der Waals surface area (Å²) < 4.78 is 0. The minimum Gasteiger partial charge on any atom is -0.507 e. The average molecular weight is 307 g/mol. The van der Waals surface area contributed by atoms with E-state index in [1.807, 2.05) is 36.4 Å². The van der Waals surface area contributed by atoms with Gasteiger partial charge in [0.05, 0.1) is 0 Å². The highest BCUT2D eigenvalue weighted by Gasteiger charge is 2.14. The molecule has 3 aromatic rings. The summed E-state index contributed by atoms with van der Waals surface area (Å²) in [6.07, 6.45) is 0. The molecule has 3 N–H and O–H groups in total. The Hall–Kier alpha value is -3.34. The molecule has 0 aliphatic carbocycles. The molecule has 0 saturated heterocycles. The zero-order valence-electron chi connectivity index (χ0n) is 12.0. The lowest BCUT2D eigenvalue weighted by Gasteiger charge is -2.08. The first-order chi connectivity index (χ1) is 11.0. The number of carbonyl (C=O) groups is 2. The number of nitrogens with one attached hydrogen (secondary N) is 1. The van der Waals surface area contributed by atoms with E-state index in [0.717, 1.165) is 16.8 Å². The summed E-state index contributed by atoms with van der Waals surface area (Å²) in [7, 11) is 0. The molecule has 0 unspecified atom stereocenters. The van der Waals surface area contributed by atoms with Gasteiger partial charge in [-0.05, 0) is 41.1 Å². The predicted octanol–water partition coefficient (Wildman–Crippen LogP) is 3.50. The highest BCUT2D eigenvalue weighted by atomic mass is 16.4. The van der Waals surface area contributed by atoms with E-state index in [2.05, 4.69) is 5.32 Å². The SMILES string of the molecule is O=C(Nc1ccc2ccccc2c1)c1ccc(O)c(C(=O)O)c1. The van der Waals surface area contributed by atoms with Gasteiger partial charge in [-0.3, -0.25) is 4.79 Å². The van der Waals surface area contributed by atoms with Gasteiger partial charge in [0.1, 0.15) is 11.3 Å². The molecular formula is C18H13NO4. The molecule has 0 radical (unpaired) electrons. The number of anilines is 1. The fourth-order valence-electron chi connectivity index (χ4n) is 2.32. The lowest BCUT2D eigenvalue weighted by molar-refractivity contribution is 0.0693. The Labute approximate surface area is 131 Å². The van der Waals surface area contributed by atoms with E-state index in [9.17, 15) is 14.7 Å². The van der Waals surface area contributed by atoms with Crippen molar-refractivity contribution in [3.63, 3.8) is 0 Å². The average Bonchev–Trinajstić information content (AvgIpc) is 2.54. The monoisotopic (exact) mass is 307 g/mol. The summed E-state index contributed by atoms with van der Waals surface area (Å²) in [5.74, 6) is -2.11. The van der Waals surface area contributed by atoms with Gasteiger partial charge in [0.25, 0.3) is 5.91 Å². The molecule has 0 fully saturated rings. The third-order valence-corrected chi connectivity index (χ3v) is 3.50. The van der Waals surface area contributed by atoms with Crippen molar-refractivity contribution >= 4 is 28.3 Å². The second-order valence-electron chi connectivity index (χ2n) is 5.05. The van der Waals surface area contributed by atoms with Crippen molar-refractivity contribution < 1.29 is 19.8 Å². The van der Waals surface area contributed by atoms with E-state index < -0.39 is 11.9 Å². The Bertz CT molecular complexity index is 918. The second-order valence-corrected chi connectivity index (χ2v) is 5.05. The molecule has 0 saturated carbocycles. The van der Waals surface area contributed by atoms with Crippen molar-refractivity contribution in [3.8, 4) is 5.75 Å². The lowest BCUT2D eigenvalue weighted by atomic mass is 10.1. The van der Waals surface area contributed by atoms with E-state index in [1.165, 1.54) is 12.1 Å². The number of amides is 1. The molecule has 0 aromatic heterocycles. The number of hydrogen-bond donors (Lipinski definition) is 3. The Kier molecular flexibility index (Phi) is 3.68. The number of phenols is 1. The van der Waals surface area contributed by atoms with Gasteiger partial charge in [-0.25, -0.2) is 4.79 Å². The van der Waals surface area contributed by atoms with Crippen molar-refractivity contribution in [1.29, 1.82) is 0 Å². The smallest absolute Gasteiger partial charge is 0.339 e. The molecule has 23 heavy (non-hydrogen) atoms. The molecule has 3 aromatic carbocycles. The summed E-state index contributed by atoms with van der Waals surface area (Å²) in [6.45, 7) is 0. The van der Waals surface area contributed by atoms with Crippen LogP contribution in [0.25, 0.3) is 10.8 Å². The van der Waals surface area contributed by atoms with Crippen LogP contribution in [0.3, 0.4) is 0 Å².